The first-order chi connectivity index (χ1) is 16.9. The standard InChI is InChI=1S/C22H26N10O2S/c1-12(16-17(24)27-6-5-26-16)32(7-8-33)20-28-19(29-21(30-20)34-2)31-10-22(11-31)4-3-14-15(22)13(9-23)18(25)35-14/h5-6,12,33H,3-4,7-8,10-11,25H2,1-2H3,(H2,24,27). The summed E-state index contributed by atoms with van der Waals surface area (Å²) < 4.78 is 5.38. The molecule has 5 rings (SSSR count). The van der Waals surface area contributed by atoms with Crippen LogP contribution in [0.2, 0.25) is 0 Å². The van der Waals surface area contributed by atoms with E-state index in [4.69, 9.17) is 21.2 Å². The van der Waals surface area contributed by atoms with Crippen LogP contribution < -0.4 is 26.0 Å². The van der Waals surface area contributed by atoms with Crippen LogP contribution >= 0.6 is 11.3 Å². The molecule has 5 N–H and O–H groups in total. The molecule has 3 aromatic rings. The van der Waals surface area contributed by atoms with Crippen molar-refractivity contribution in [1.82, 2.24) is 24.9 Å². The molecule has 0 bridgehead atoms. The van der Waals surface area contributed by atoms with Gasteiger partial charge in [0.2, 0.25) is 11.9 Å². The van der Waals surface area contributed by atoms with Crippen LogP contribution in [0.15, 0.2) is 12.4 Å². The molecule has 0 radical (unpaired) electrons. The maximum Gasteiger partial charge on any atom is 0.322 e. The molecule has 1 unspecified atom stereocenters. The van der Waals surface area contributed by atoms with Crippen LogP contribution in [0.4, 0.5) is 22.7 Å². The zero-order chi connectivity index (χ0) is 24.7. The molecule has 0 aromatic carbocycles. The van der Waals surface area contributed by atoms with Crippen molar-refractivity contribution in [3.05, 3.63) is 34.1 Å². The average Bonchev–Trinajstić information content (AvgIpc) is 3.36. The van der Waals surface area contributed by atoms with Crippen molar-refractivity contribution in [3.63, 3.8) is 0 Å². The number of anilines is 4. The van der Waals surface area contributed by atoms with Crippen LogP contribution in [0.5, 0.6) is 6.01 Å². The highest BCUT2D eigenvalue weighted by molar-refractivity contribution is 7.16. The van der Waals surface area contributed by atoms with E-state index in [0.29, 0.717) is 47.1 Å². The monoisotopic (exact) mass is 494 g/mol. The van der Waals surface area contributed by atoms with E-state index in [1.54, 1.807) is 11.1 Å². The van der Waals surface area contributed by atoms with E-state index in [0.717, 1.165) is 18.4 Å². The van der Waals surface area contributed by atoms with Gasteiger partial charge in [-0.15, -0.1) is 11.3 Å². The lowest BCUT2D eigenvalue weighted by atomic mass is 9.74. The number of hydrogen-bond acceptors (Lipinski definition) is 13. The van der Waals surface area contributed by atoms with Crippen LogP contribution in [-0.2, 0) is 11.8 Å². The van der Waals surface area contributed by atoms with Crippen LogP contribution in [0.1, 0.15) is 41.1 Å². The number of nitrogens with two attached hydrogens (primary N) is 2. The van der Waals surface area contributed by atoms with Gasteiger partial charge in [-0.3, -0.25) is 4.98 Å². The summed E-state index contributed by atoms with van der Waals surface area (Å²) in [6.07, 6.45) is 4.99. The number of methoxy groups -OCH3 is 1. The zero-order valence-electron chi connectivity index (χ0n) is 19.5. The third-order valence-corrected chi connectivity index (χ3v) is 7.82. The SMILES string of the molecule is COc1nc(N2CC3(CCc4sc(N)c(C#N)c43)C2)nc(N(CCO)C(C)c2nccnc2N)n1. The van der Waals surface area contributed by atoms with E-state index >= 15 is 0 Å². The molecule has 2 aliphatic rings. The molecule has 35 heavy (non-hydrogen) atoms. The molecule has 4 heterocycles. The maximum atomic E-state index is 9.75. The van der Waals surface area contributed by atoms with Gasteiger partial charge in [0.15, 0.2) is 0 Å². The van der Waals surface area contributed by atoms with Crippen molar-refractivity contribution in [2.24, 2.45) is 0 Å². The molecule has 1 aliphatic carbocycles. The topological polar surface area (TPSA) is 176 Å². The fraction of sp³-hybridized carbons (Fsp3) is 0.455. The molecule has 182 valence electrons. The minimum absolute atomic E-state index is 0.124. The second-order valence-electron chi connectivity index (χ2n) is 8.73. The minimum atomic E-state index is -0.358. The summed E-state index contributed by atoms with van der Waals surface area (Å²) in [6.45, 7) is 3.36. The second kappa shape index (κ2) is 8.79. The second-order valence-corrected chi connectivity index (χ2v) is 9.87. The number of aliphatic hydroxyl groups excluding tert-OH is 1. The lowest BCUT2D eigenvalue weighted by molar-refractivity contribution is 0.296. The normalized spacial score (nSPS) is 16.5. The largest absolute Gasteiger partial charge is 0.467 e. The Labute approximate surface area is 206 Å². The molecule has 1 saturated heterocycles. The van der Waals surface area contributed by atoms with Crippen LogP contribution in [0.25, 0.3) is 0 Å². The molecule has 13 heteroatoms. The van der Waals surface area contributed by atoms with E-state index < -0.39 is 0 Å². The number of aromatic nitrogens is 5. The van der Waals surface area contributed by atoms with Crippen LogP contribution in [-0.4, -0.2) is 63.4 Å². The van der Waals surface area contributed by atoms with Gasteiger partial charge in [0.05, 0.1) is 25.3 Å². The quantitative estimate of drug-likeness (QED) is 0.426. The summed E-state index contributed by atoms with van der Waals surface area (Å²) >= 11 is 1.52. The fourth-order valence-electron chi connectivity index (χ4n) is 5.07. The van der Waals surface area contributed by atoms with Crippen molar-refractivity contribution in [3.8, 4) is 12.1 Å². The molecule has 12 nitrogen and oxygen atoms in total. The summed E-state index contributed by atoms with van der Waals surface area (Å²) in [4.78, 5) is 27.2. The molecule has 1 fully saturated rings. The number of rotatable bonds is 7. The van der Waals surface area contributed by atoms with Gasteiger partial charge < -0.3 is 31.1 Å². The lowest BCUT2D eigenvalue weighted by Gasteiger charge is -2.48. The molecule has 1 aliphatic heterocycles. The predicted octanol–water partition coefficient (Wildman–Crippen LogP) is 1.03. The van der Waals surface area contributed by atoms with E-state index in [9.17, 15) is 10.4 Å². The lowest BCUT2D eigenvalue weighted by Crippen LogP contribution is -2.59. The van der Waals surface area contributed by atoms with Gasteiger partial charge in [-0.2, -0.15) is 20.2 Å². The van der Waals surface area contributed by atoms with Gasteiger partial charge >= 0.3 is 6.01 Å². The Morgan fingerprint density at radius 2 is 2.06 bits per heavy atom. The van der Waals surface area contributed by atoms with Gasteiger partial charge in [0.1, 0.15) is 22.6 Å². The number of ether oxygens (including phenoxy) is 1. The van der Waals surface area contributed by atoms with Crippen molar-refractivity contribution < 1.29 is 9.84 Å². The van der Waals surface area contributed by atoms with Crippen molar-refractivity contribution in [1.29, 1.82) is 5.26 Å². The average molecular weight is 495 g/mol. The Bertz CT molecular complexity index is 1300. The first-order valence-corrected chi connectivity index (χ1v) is 12.0. The number of fused-ring (bicyclic) bond motifs is 2. The number of hydrogen-bond donors (Lipinski definition) is 3. The van der Waals surface area contributed by atoms with E-state index in [1.807, 2.05) is 6.92 Å². The highest BCUT2D eigenvalue weighted by atomic mass is 32.1. The van der Waals surface area contributed by atoms with Gasteiger partial charge in [0.25, 0.3) is 0 Å². The first kappa shape index (κ1) is 23.0. The first-order valence-electron chi connectivity index (χ1n) is 11.2. The van der Waals surface area contributed by atoms with Crippen molar-refractivity contribution in [2.45, 2.75) is 31.2 Å². The van der Waals surface area contributed by atoms with Crippen molar-refractivity contribution in [2.75, 3.05) is 54.6 Å². The molecule has 3 aromatic heterocycles. The summed E-state index contributed by atoms with van der Waals surface area (Å²) in [5.74, 6) is 1.10. The smallest absolute Gasteiger partial charge is 0.322 e. The van der Waals surface area contributed by atoms with Gasteiger partial charge in [0, 0.05) is 42.3 Å². The Balaban J connectivity index is 1.46. The number of aryl methyl sites for hydroxylation is 1. The number of thiophene rings is 1. The molecular formula is C22H26N10O2S. The van der Waals surface area contributed by atoms with E-state index in [2.05, 4.69) is 30.9 Å². The number of nitriles is 1. The Morgan fingerprint density at radius 1 is 1.29 bits per heavy atom. The molecular weight excluding hydrogens is 468 g/mol. The third-order valence-electron chi connectivity index (χ3n) is 6.74. The van der Waals surface area contributed by atoms with Gasteiger partial charge in [-0.1, -0.05) is 0 Å². The number of nitrogen functional groups attached to an aromatic ring is 2. The highest BCUT2D eigenvalue weighted by Gasteiger charge is 2.52. The molecule has 1 atom stereocenters. The Hall–Kier alpha value is -3.76. The van der Waals surface area contributed by atoms with Crippen LogP contribution in [0.3, 0.4) is 0 Å². The third kappa shape index (κ3) is 3.75. The van der Waals surface area contributed by atoms with Crippen molar-refractivity contribution >= 4 is 34.1 Å². The number of aliphatic hydroxyl groups is 1. The maximum absolute atomic E-state index is 9.75. The summed E-state index contributed by atoms with van der Waals surface area (Å²) in [7, 11) is 1.50. The summed E-state index contributed by atoms with van der Waals surface area (Å²) in [5.41, 5.74) is 14.3. The Kier molecular flexibility index (Phi) is 5.78. The summed E-state index contributed by atoms with van der Waals surface area (Å²) in [6, 6.07) is 2.10. The van der Waals surface area contributed by atoms with Gasteiger partial charge in [-0.25, -0.2) is 4.98 Å². The number of nitrogens with zero attached hydrogens (tertiary/aromatic N) is 8. The minimum Gasteiger partial charge on any atom is -0.467 e. The summed E-state index contributed by atoms with van der Waals surface area (Å²) in [5, 5.41) is 20.0. The van der Waals surface area contributed by atoms with E-state index in [-0.39, 0.29) is 30.6 Å². The predicted molar refractivity (Wildman–Crippen MR) is 131 cm³/mol. The molecule has 1 spiro atoms. The zero-order valence-corrected chi connectivity index (χ0v) is 20.3. The molecule has 0 amide bonds. The molecule has 0 saturated carbocycles. The van der Waals surface area contributed by atoms with Gasteiger partial charge in [-0.05, 0) is 25.3 Å². The van der Waals surface area contributed by atoms with E-state index in [1.165, 1.54) is 29.5 Å². The highest BCUT2D eigenvalue weighted by Crippen LogP contribution is 2.52. The Morgan fingerprint density at radius 3 is 2.74 bits per heavy atom. The fourth-order valence-corrected chi connectivity index (χ4v) is 6.21. The van der Waals surface area contributed by atoms with Crippen LogP contribution in [0, 0.1) is 11.3 Å².